The Labute approximate surface area is 165 Å². The fourth-order valence-electron chi connectivity index (χ4n) is 3.67. The van der Waals surface area contributed by atoms with Crippen molar-refractivity contribution in [3.8, 4) is 5.69 Å². The Balaban J connectivity index is 1.49. The molecule has 1 fully saturated rings. The first-order chi connectivity index (χ1) is 14.2. The van der Waals surface area contributed by atoms with E-state index in [1.165, 1.54) is 12.3 Å². The van der Waals surface area contributed by atoms with Crippen LogP contribution in [0.15, 0.2) is 59.5 Å². The first-order valence-electron chi connectivity index (χ1n) is 9.54. The minimum atomic E-state index is -0.311. The smallest absolute Gasteiger partial charge is 0.263 e. The van der Waals surface area contributed by atoms with Gasteiger partial charge in [-0.15, -0.1) is 0 Å². The number of hydrogen-bond donors (Lipinski definition) is 2. The average Bonchev–Trinajstić information content (AvgIpc) is 3.39. The molecule has 3 heterocycles. The Morgan fingerprint density at radius 2 is 1.86 bits per heavy atom. The third-order valence-electron chi connectivity index (χ3n) is 5.10. The van der Waals surface area contributed by atoms with Crippen LogP contribution in [0.4, 0.5) is 21.7 Å². The van der Waals surface area contributed by atoms with Crippen LogP contribution in [0, 0.1) is 5.82 Å². The van der Waals surface area contributed by atoms with Crippen molar-refractivity contribution in [1.82, 2.24) is 19.7 Å². The first kappa shape index (κ1) is 17.4. The van der Waals surface area contributed by atoms with Gasteiger partial charge >= 0.3 is 0 Å². The maximum atomic E-state index is 14.6. The SMILES string of the molecule is O=c1[nH]c(Nc2ccc(N3CCCC3)c(F)c2)nc2c1cnn2-c1ccccc1. The van der Waals surface area contributed by atoms with Crippen LogP contribution in [0.5, 0.6) is 0 Å². The van der Waals surface area contributed by atoms with E-state index in [0.717, 1.165) is 31.6 Å². The van der Waals surface area contributed by atoms with E-state index >= 15 is 0 Å². The van der Waals surface area contributed by atoms with Gasteiger partial charge in [-0.2, -0.15) is 10.1 Å². The quantitative estimate of drug-likeness (QED) is 0.557. The summed E-state index contributed by atoms with van der Waals surface area (Å²) in [6.45, 7) is 1.75. The second-order valence-electron chi connectivity index (χ2n) is 7.03. The Morgan fingerprint density at radius 1 is 1.07 bits per heavy atom. The predicted molar refractivity (Wildman–Crippen MR) is 111 cm³/mol. The number of benzene rings is 2. The Morgan fingerprint density at radius 3 is 2.62 bits per heavy atom. The molecule has 0 bridgehead atoms. The third-order valence-corrected chi connectivity index (χ3v) is 5.10. The monoisotopic (exact) mass is 390 g/mol. The van der Waals surface area contributed by atoms with E-state index in [9.17, 15) is 9.18 Å². The highest BCUT2D eigenvalue weighted by Gasteiger charge is 2.17. The molecule has 0 atom stereocenters. The number of anilines is 3. The molecule has 5 rings (SSSR count). The molecule has 1 aliphatic rings. The van der Waals surface area contributed by atoms with Gasteiger partial charge in [-0.05, 0) is 43.2 Å². The lowest BCUT2D eigenvalue weighted by atomic mass is 10.2. The predicted octanol–water partition coefficient (Wildman–Crippen LogP) is 3.59. The maximum absolute atomic E-state index is 14.6. The van der Waals surface area contributed by atoms with Crippen molar-refractivity contribution in [3.05, 3.63) is 70.9 Å². The van der Waals surface area contributed by atoms with Gasteiger partial charge in [0, 0.05) is 18.8 Å². The van der Waals surface area contributed by atoms with Crippen LogP contribution < -0.4 is 15.8 Å². The van der Waals surface area contributed by atoms with Gasteiger partial charge in [0.1, 0.15) is 11.2 Å². The number of rotatable bonds is 4. The van der Waals surface area contributed by atoms with Gasteiger partial charge < -0.3 is 10.2 Å². The van der Waals surface area contributed by atoms with Gasteiger partial charge in [0.2, 0.25) is 5.95 Å². The lowest BCUT2D eigenvalue weighted by Gasteiger charge is -2.18. The van der Waals surface area contributed by atoms with Crippen LogP contribution in [-0.2, 0) is 0 Å². The van der Waals surface area contributed by atoms with E-state index in [-0.39, 0.29) is 17.3 Å². The second-order valence-corrected chi connectivity index (χ2v) is 7.03. The van der Waals surface area contributed by atoms with Crippen LogP contribution in [0.2, 0.25) is 0 Å². The van der Waals surface area contributed by atoms with Crippen LogP contribution in [0.1, 0.15) is 12.8 Å². The van der Waals surface area contributed by atoms with Crippen LogP contribution in [0.25, 0.3) is 16.7 Å². The zero-order valence-corrected chi connectivity index (χ0v) is 15.6. The molecule has 0 spiro atoms. The molecule has 0 unspecified atom stereocenters. The van der Waals surface area contributed by atoms with Crippen LogP contribution in [-0.4, -0.2) is 32.8 Å². The van der Waals surface area contributed by atoms with Gasteiger partial charge in [-0.25, -0.2) is 9.07 Å². The summed E-state index contributed by atoms with van der Waals surface area (Å²) in [5.41, 5.74) is 2.03. The van der Waals surface area contributed by atoms with E-state index in [2.05, 4.69) is 20.4 Å². The van der Waals surface area contributed by atoms with Crippen LogP contribution >= 0.6 is 0 Å². The molecule has 8 heteroatoms. The summed E-state index contributed by atoms with van der Waals surface area (Å²) in [5, 5.41) is 7.67. The molecule has 2 N–H and O–H groups in total. The standard InChI is InChI=1S/C21H19FN6O/c22-17-12-14(8-9-18(17)27-10-4-5-11-27)24-21-25-19-16(20(29)26-21)13-23-28(19)15-6-2-1-3-7-15/h1-3,6-9,12-13H,4-5,10-11H2,(H2,24,25,26,29). The van der Waals surface area contributed by atoms with E-state index < -0.39 is 0 Å². The molecule has 146 valence electrons. The van der Waals surface area contributed by atoms with Crippen molar-refractivity contribution < 1.29 is 4.39 Å². The normalized spacial score (nSPS) is 13.9. The van der Waals surface area contributed by atoms with Crippen LogP contribution in [0.3, 0.4) is 0 Å². The molecule has 4 aromatic rings. The van der Waals surface area contributed by atoms with Crippen molar-refractivity contribution >= 4 is 28.4 Å². The highest BCUT2D eigenvalue weighted by Crippen LogP contribution is 2.27. The Kier molecular flexibility index (Phi) is 4.23. The Bertz CT molecular complexity index is 1230. The number of aromatic nitrogens is 4. The number of H-pyrrole nitrogens is 1. The number of halogens is 1. The molecular formula is C21H19FN6O. The summed E-state index contributed by atoms with van der Waals surface area (Å²) in [6.07, 6.45) is 3.65. The van der Waals surface area contributed by atoms with Crippen molar-refractivity contribution in [3.63, 3.8) is 0 Å². The summed E-state index contributed by atoms with van der Waals surface area (Å²) in [6, 6.07) is 14.4. The van der Waals surface area contributed by atoms with Crippen molar-refractivity contribution in [1.29, 1.82) is 0 Å². The van der Waals surface area contributed by atoms with E-state index in [0.29, 0.717) is 22.4 Å². The number of fused-ring (bicyclic) bond motifs is 1. The van der Waals surface area contributed by atoms with Gasteiger partial charge in [0.05, 0.1) is 17.6 Å². The van der Waals surface area contributed by atoms with Crippen molar-refractivity contribution in [2.45, 2.75) is 12.8 Å². The lowest BCUT2D eigenvalue weighted by molar-refractivity contribution is 0.623. The highest BCUT2D eigenvalue weighted by atomic mass is 19.1. The zero-order chi connectivity index (χ0) is 19.8. The number of nitrogens with zero attached hydrogens (tertiary/aromatic N) is 4. The summed E-state index contributed by atoms with van der Waals surface area (Å²) < 4.78 is 16.2. The second kappa shape index (κ2) is 7.05. The van der Waals surface area contributed by atoms with Crippen molar-refractivity contribution in [2.24, 2.45) is 0 Å². The Hall–Kier alpha value is -3.68. The number of aromatic amines is 1. The summed E-state index contributed by atoms with van der Waals surface area (Å²) >= 11 is 0. The first-order valence-corrected chi connectivity index (χ1v) is 9.54. The molecule has 7 nitrogen and oxygen atoms in total. The molecule has 0 aliphatic carbocycles. The molecule has 29 heavy (non-hydrogen) atoms. The van der Waals surface area contributed by atoms with E-state index in [4.69, 9.17) is 0 Å². The third kappa shape index (κ3) is 3.22. The molecule has 2 aromatic carbocycles. The maximum Gasteiger partial charge on any atom is 0.263 e. The van der Waals surface area contributed by atoms with E-state index in [1.807, 2.05) is 35.2 Å². The number of para-hydroxylation sites is 1. The largest absolute Gasteiger partial charge is 0.369 e. The number of nitrogens with one attached hydrogen (secondary N) is 2. The highest BCUT2D eigenvalue weighted by molar-refractivity contribution is 5.77. The fourth-order valence-corrected chi connectivity index (χ4v) is 3.67. The molecule has 0 amide bonds. The fraction of sp³-hybridized carbons (Fsp3) is 0.190. The topological polar surface area (TPSA) is 78.8 Å². The van der Waals surface area contributed by atoms with Gasteiger partial charge in [-0.1, -0.05) is 18.2 Å². The average molecular weight is 390 g/mol. The molecule has 0 saturated carbocycles. The molecule has 0 radical (unpaired) electrons. The minimum absolute atomic E-state index is 0.230. The minimum Gasteiger partial charge on any atom is -0.369 e. The molecule has 1 saturated heterocycles. The molecule has 2 aromatic heterocycles. The van der Waals surface area contributed by atoms with Gasteiger partial charge in [0.25, 0.3) is 5.56 Å². The van der Waals surface area contributed by atoms with Gasteiger partial charge in [0.15, 0.2) is 5.65 Å². The summed E-state index contributed by atoms with van der Waals surface area (Å²) in [5.74, 6) is -0.0665. The van der Waals surface area contributed by atoms with Crippen molar-refractivity contribution in [2.75, 3.05) is 23.3 Å². The lowest BCUT2D eigenvalue weighted by Crippen LogP contribution is -2.19. The summed E-state index contributed by atoms with van der Waals surface area (Å²) in [4.78, 5) is 21.7. The van der Waals surface area contributed by atoms with Gasteiger partial charge in [-0.3, -0.25) is 9.78 Å². The molecular weight excluding hydrogens is 371 g/mol. The van der Waals surface area contributed by atoms with E-state index in [1.54, 1.807) is 16.8 Å². The number of hydrogen-bond acceptors (Lipinski definition) is 5. The summed E-state index contributed by atoms with van der Waals surface area (Å²) in [7, 11) is 0. The molecule has 1 aliphatic heterocycles. The zero-order valence-electron chi connectivity index (χ0n) is 15.6.